The number of halogens is 1. The fraction of sp³-hybridized carbons (Fsp3) is 0.435. The molecule has 5 rings (SSSR count). The predicted molar refractivity (Wildman–Crippen MR) is 124 cm³/mol. The third kappa shape index (κ3) is 4.80. The normalized spacial score (nSPS) is 21.4. The molecule has 0 aromatic heterocycles. The highest BCUT2D eigenvalue weighted by atomic mass is 35.5. The van der Waals surface area contributed by atoms with Gasteiger partial charge in [0, 0.05) is 23.7 Å². The second-order valence-electron chi connectivity index (χ2n) is 8.67. The van der Waals surface area contributed by atoms with E-state index >= 15 is 0 Å². The van der Waals surface area contributed by atoms with Crippen molar-refractivity contribution in [3.8, 4) is 0 Å². The van der Waals surface area contributed by atoms with Gasteiger partial charge in [0.25, 0.3) is 10.0 Å². The summed E-state index contributed by atoms with van der Waals surface area (Å²) in [5, 5.41) is 3.63. The van der Waals surface area contributed by atoms with Gasteiger partial charge in [0.1, 0.15) is 10.7 Å². The van der Waals surface area contributed by atoms with Crippen molar-refractivity contribution in [3.63, 3.8) is 0 Å². The van der Waals surface area contributed by atoms with Crippen molar-refractivity contribution in [3.05, 3.63) is 59.1 Å². The molecule has 1 saturated carbocycles. The fourth-order valence-electron chi connectivity index (χ4n) is 4.64. The minimum Gasteiger partial charge on any atom is -0.341 e. The summed E-state index contributed by atoms with van der Waals surface area (Å²) >= 11 is 5.99. The van der Waals surface area contributed by atoms with E-state index in [0.717, 1.165) is 32.5 Å². The van der Waals surface area contributed by atoms with Crippen LogP contribution in [0.4, 0.5) is 5.69 Å². The summed E-state index contributed by atoms with van der Waals surface area (Å²) in [5.74, 6) is 0.508. The summed E-state index contributed by atoms with van der Waals surface area (Å²) in [6, 6.07) is 16.5. The molecule has 3 aliphatic rings. The van der Waals surface area contributed by atoms with Gasteiger partial charge < -0.3 is 5.32 Å². The van der Waals surface area contributed by atoms with Gasteiger partial charge >= 0.3 is 0 Å². The zero-order valence-electron chi connectivity index (χ0n) is 17.4. The number of likely N-dealkylation sites (tertiary alicyclic amines) is 1. The molecule has 0 spiro atoms. The van der Waals surface area contributed by atoms with Gasteiger partial charge in [-0.3, -0.25) is 9.80 Å². The van der Waals surface area contributed by atoms with Gasteiger partial charge in [-0.15, -0.1) is 4.40 Å². The highest BCUT2D eigenvalue weighted by molar-refractivity contribution is 7.90. The van der Waals surface area contributed by atoms with E-state index in [4.69, 9.17) is 11.6 Å². The molecule has 0 radical (unpaired) electrons. The van der Waals surface area contributed by atoms with Crippen molar-refractivity contribution in [1.82, 2.24) is 9.80 Å². The average molecular weight is 459 g/mol. The topological polar surface area (TPSA) is 65.0 Å². The predicted octanol–water partition coefficient (Wildman–Crippen LogP) is 3.98. The molecule has 1 N–H and O–H groups in total. The molecule has 6 nitrogen and oxygen atoms in total. The number of nitrogens with one attached hydrogen (secondary N) is 1. The third-order valence-corrected chi connectivity index (χ3v) is 7.94. The summed E-state index contributed by atoms with van der Waals surface area (Å²) in [7, 11) is -3.73. The summed E-state index contributed by atoms with van der Waals surface area (Å²) in [6.07, 6.45) is 4.54. The molecule has 0 bridgehead atoms. The summed E-state index contributed by atoms with van der Waals surface area (Å²) in [4.78, 5) is 5.13. The third-order valence-electron chi connectivity index (χ3n) is 6.35. The van der Waals surface area contributed by atoms with Crippen molar-refractivity contribution in [1.29, 1.82) is 0 Å². The highest BCUT2D eigenvalue weighted by Crippen LogP contribution is 2.34. The largest absolute Gasteiger partial charge is 0.341 e. The minimum atomic E-state index is -3.73. The Kier molecular flexibility index (Phi) is 5.77. The van der Waals surface area contributed by atoms with E-state index in [9.17, 15) is 8.42 Å². The van der Waals surface area contributed by atoms with Crippen molar-refractivity contribution >= 4 is 33.1 Å². The number of rotatable bonds is 6. The quantitative estimate of drug-likeness (QED) is 0.709. The van der Waals surface area contributed by atoms with Crippen molar-refractivity contribution in [2.45, 2.75) is 49.2 Å². The van der Waals surface area contributed by atoms with Crippen LogP contribution in [0.25, 0.3) is 0 Å². The summed E-state index contributed by atoms with van der Waals surface area (Å²) < 4.78 is 29.4. The molecular formula is C23H27ClN4O2S. The molecule has 0 amide bonds. The van der Waals surface area contributed by atoms with E-state index in [0.29, 0.717) is 35.2 Å². The van der Waals surface area contributed by atoms with Crippen molar-refractivity contribution in [2.24, 2.45) is 4.40 Å². The molecule has 0 unspecified atom stereocenters. The Hall–Kier alpha value is -1.93. The maximum atomic E-state index is 12.7. The number of sulfonamides is 1. The first kappa shape index (κ1) is 20.9. The second kappa shape index (κ2) is 8.54. The molecule has 2 aromatic carbocycles. The Bertz CT molecular complexity index is 1080. The Morgan fingerprint density at radius 2 is 1.74 bits per heavy atom. The molecule has 164 valence electrons. The molecule has 8 heteroatoms. The number of fused-ring (bicyclic) bond motifs is 1. The van der Waals surface area contributed by atoms with Crippen molar-refractivity contribution in [2.75, 3.05) is 25.0 Å². The number of anilines is 1. The lowest BCUT2D eigenvalue weighted by atomic mass is 10.0. The van der Waals surface area contributed by atoms with Crippen LogP contribution >= 0.6 is 11.6 Å². The van der Waals surface area contributed by atoms with Crippen molar-refractivity contribution < 1.29 is 8.42 Å². The molecule has 1 saturated heterocycles. The maximum Gasteiger partial charge on any atom is 0.286 e. The lowest BCUT2D eigenvalue weighted by Gasteiger charge is -2.39. The second-order valence-corrected chi connectivity index (χ2v) is 10.7. The first-order valence-electron chi connectivity index (χ1n) is 10.9. The number of hydrogen-bond donors (Lipinski definition) is 1. The van der Waals surface area contributed by atoms with Gasteiger partial charge in [-0.1, -0.05) is 41.9 Å². The fourth-order valence-corrected chi connectivity index (χ4v) is 6.04. The number of nitrogens with zero attached hydrogens (tertiary/aromatic N) is 3. The van der Waals surface area contributed by atoms with Crippen LogP contribution in [0.5, 0.6) is 0 Å². The molecule has 1 aliphatic carbocycles. The van der Waals surface area contributed by atoms with E-state index in [1.807, 2.05) is 0 Å². The average Bonchev–Trinajstić information content (AvgIpc) is 3.59. The number of piperidine rings is 1. The Labute approximate surface area is 189 Å². The van der Waals surface area contributed by atoms with Gasteiger partial charge in [-0.05, 0) is 62.5 Å². The van der Waals surface area contributed by atoms with Gasteiger partial charge in [-0.2, -0.15) is 8.42 Å². The lowest BCUT2D eigenvalue weighted by Crippen LogP contribution is -2.48. The highest BCUT2D eigenvalue weighted by Gasteiger charge is 2.37. The van der Waals surface area contributed by atoms with Gasteiger partial charge in [0.2, 0.25) is 0 Å². The SMILES string of the molecule is O=S1(=O)N=C(CN(C2CC2)C2CCN(Cc3ccccc3)CC2)Nc2ccc(Cl)cc21. The Morgan fingerprint density at radius 1 is 1.03 bits per heavy atom. The van der Waals surface area contributed by atoms with E-state index in [1.165, 1.54) is 24.5 Å². The van der Waals surface area contributed by atoms with E-state index < -0.39 is 10.0 Å². The summed E-state index contributed by atoms with van der Waals surface area (Å²) in [5.41, 5.74) is 1.91. The Balaban J connectivity index is 1.25. The molecular weight excluding hydrogens is 432 g/mol. The number of hydrogen-bond acceptors (Lipinski definition) is 5. The van der Waals surface area contributed by atoms with Crippen LogP contribution in [-0.4, -0.2) is 55.8 Å². The molecule has 31 heavy (non-hydrogen) atoms. The van der Waals surface area contributed by atoms with Crippen LogP contribution in [0.1, 0.15) is 31.2 Å². The first-order chi connectivity index (χ1) is 15.0. The number of benzene rings is 2. The molecule has 2 aromatic rings. The smallest absolute Gasteiger partial charge is 0.286 e. The van der Waals surface area contributed by atoms with Crippen LogP contribution in [-0.2, 0) is 16.6 Å². The van der Waals surface area contributed by atoms with Crippen LogP contribution in [0.3, 0.4) is 0 Å². The van der Waals surface area contributed by atoms with Gasteiger partial charge in [0.05, 0.1) is 12.2 Å². The van der Waals surface area contributed by atoms with E-state index in [1.54, 1.807) is 12.1 Å². The monoisotopic (exact) mass is 458 g/mol. The molecule has 2 heterocycles. The zero-order valence-corrected chi connectivity index (χ0v) is 18.9. The molecule has 2 fully saturated rings. The Morgan fingerprint density at radius 3 is 2.45 bits per heavy atom. The van der Waals surface area contributed by atoms with Crippen LogP contribution in [0.15, 0.2) is 57.8 Å². The maximum absolute atomic E-state index is 12.7. The van der Waals surface area contributed by atoms with Crippen LogP contribution in [0.2, 0.25) is 5.02 Å². The zero-order chi connectivity index (χ0) is 21.4. The van der Waals surface area contributed by atoms with E-state index in [-0.39, 0.29) is 4.90 Å². The molecule has 2 aliphatic heterocycles. The van der Waals surface area contributed by atoms with Gasteiger partial charge in [-0.25, -0.2) is 0 Å². The van der Waals surface area contributed by atoms with Crippen LogP contribution in [0, 0.1) is 0 Å². The van der Waals surface area contributed by atoms with E-state index in [2.05, 4.69) is 49.8 Å². The summed E-state index contributed by atoms with van der Waals surface area (Å²) in [6.45, 7) is 3.64. The standard InChI is InChI=1S/C23H27ClN4O2S/c24-18-6-9-21-22(14-18)31(29,30)26-23(25-21)16-28(19-7-8-19)20-10-12-27(13-11-20)15-17-4-2-1-3-5-17/h1-6,9,14,19-20H,7-8,10-13,15-16H2,(H,25,26). The lowest BCUT2D eigenvalue weighted by molar-refractivity contribution is 0.111. The first-order valence-corrected chi connectivity index (χ1v) is 12.7. The van der Waals surface area contributed by atoms with Gasteiger partial charge in [0.15, 0.2) is 0 Å². The minimum absolute atomic E-state index is 0.149. The molecule has 0 atom stereocenters. The number of amidine groups is 1. The van der Waals surface area contributed by atoms with Crippen LogP contribution < -0.4 is 5.32 Å².